The number of rotatable bonds is 8. The molecule has 3 atom stereocenters. The van der Waals surface area contributed by atoms with E-state index in [0.717, 1.165) is 32.7 Å². The Bertz CT molecular complexity index is 1270. The molecular formula is C30H29IN2O2. The van der Waals surface area contributed by atoms with Crippen LogP contribution in [-0.4, -0.2) is 19.4 Å². The third-order valence-corrected chi connectivity index (χ3v) is 7.37. The fourth-order valence-corrected chi connectivity index (χ4v) is 5.78. The summed E-state index contributed by atoms with van der Waals surface area (Å²) in [5, 5.41) is 3.80. The second-order valence-corrected chi connectivity index (χ2v) is 9.94. The lowest BCUT2D eigenvalue weighted by Crippen LogP contribution is -2.28. The van der Waals surface area contributed by atoms with Crippen LogP contribution in [-0.2, 0) is 0 Å². The highest BCUT2D eigenvalue weighted by molar-refractivity contribution is 14.1. The van der Waals surface area contributed by atoms with Gasteiger partial charge in [0.2, 0.25) is 0 Å². The average molecular weight is 576 g/mol. The minimum Gasteiger partial charge on any atom is -0.490 e. The summed E-state index contributed by atoms with van der Waals surface area (Å²) in [5.74, 6) is 2.49. The summed E-state index contributed by atoms with van der Waals surface area (Å²) in [5.41, 5.74) is 5.84. The first-order chi connectivity index (χ1) is 17.2. The van der Waals surface area contributed by atoms with Crippen molar-refractivity contribution in [2.24, 2.45) is 10.9 Å². The monoisotopic (exact) mass is 576 g/mol. The van der Waals surface area contributed by atoms with Gasteiger partial charge in [-0.3, -0.25) is 4.99 Å². The van der Waals surface area contributed by atoms with Crippen molar-refractivity contribution in [3.8, 4) is 11.5 Å². The first-order valence-electron chi connectivity index (χ1n) is 12.0. The van der Waals surface area contributed by atoms with Gasteiger partial charge in [0, 0.05) is 17.8 Å². The smallest absolute Gasteiger partial charge is 0.174 e. The molecule has 1 N–H and O–H groups in total. The van der Waals surface area contributed by atoms with E-state index >= 15 is 0 Å². The quantitative estimate of drug-likeness (QED) is 0.169. The minimum atomic E-state index is 0.293. The van der Waals surface area contributed by atoms with E-state index in [1.807, 2.05) is 19.2 Å². The van der Waals surface area contributed by atoms with E-state index in [1.165, 1.54) is 16.8 Å². The normalized spacial score (nSPS) is 20.2. The second kappa shape index (κ2) is 10.7. The van der Waals surface area contributed by atoms with E-state index in [9.17, 15) is 0 Å². The number of aliphatic imine (C=N–C) groups is 1. The molecule has 2 aliphatic rings. The van der Waals surface area contributed by atoms with Gasteiger partial charge < -0.3 is 14.8 Å². The topological polar surface area (TPSA) is 42.8 Å². The Morgan fingerprint density at radius 3 is 2.74 bits per heavy atom. The Morgan fingerprint density at radius 2 is 1.94 bits per heavy atom. The zero-order valence-electron chi connectivity index (χ0n) is 19.8. The SMILES string of the molecule is C=CCOc1c(I)cc(C=Nc2ccc([C@@H]3Nc4ccccc4[C@@H]4C=CC[C@H]43)cc2)cc1OCC. The zero-order chi connectivity index (χ0) is 24.2. The molecule has 0 amide bonds. The summed E-state index contributed by atoms with van der Waals surface area (Å²) in [7, 11) is 0. The number of nitrogens with one attached hydrogen (secondary N) is 1. The Hall–Kier alpha value is -3.06. The molecule has 0 spiro atoms. The molecule has 3 aromatic carbocycles. The average Bonchev–Trinajstić information content (AvgIpc) is 3.38. The fourth-order valence-electron chi connectivity index (χ4n) is 5.00. The van der Waals surface area contributed by atoms with E-state index in [1.54, 1.807) is 6.08 Å². The van der Waals surface area contributed by atoms with E-state index in [4.69, 9.17) is 14.5 Å². The molecule has 0 radical (unpaired) electrons. The molecule has 0 fully saturated rings. The van der Waals surface area contributed by atoms with Gasteiger partial charge in [-0.25, -0.2) is 0 Å². The van der Waals surface area contributed by atoms with Gasteiger partial charge in [0.05, 0.1) is 21.9 Å². The van der Waals surface area contributed by atoms with Gasteiger partial charge in [0.15, 0.2) is 11.5 Å². The van der Waals surface area contributed by atoms with Crippen molar-refractivity contribution < 1.29 is 9.47 Å². The second-order valence-electron chi connectivity index (χ2n) is 8.78. The van der Waals surface area contributed by atoms with Gasteiger partial charge in [0.25, 0.3) is 0 Å². The molecule has 3 aromatic rings. The van der Waals surface area contributed by atoms with Crippen molar-refractivity contribution in [3.05, 3.63) is 106 Å². The van der Waals surface area contributed by atoms with Gasteiger partial charge in [0.1, 0.15) is 6.61 Å². The summed E-state index contributed by atoms with van der Waals surface area (Å²) < 4.78 is 12.6. The lowest BCUT2D eigenvalue weighted by atomic mass is 9.77. The summed E-state index contributed by atoms with van der Waals surface area (Å²) >= 11 is 2.27. The number of ether oxygens (including phenoxy) is 2. The van der Waals surface area contributed by atoms with Crippen LogP contribution in [0.1, 0.15) is 42.0 Å². The number of allylic oxidation sites excluding steroid dienone is 2. The molecule has 0 bridgehead atoms. The molecule has 35 heavy (non-hydrogen) atoms. The number of para-hydroxylation sites is 1. The molecule has 1 heterocycles. The van der Waals surface area contributed by atoms with Crippen LogP contribution in [0.25, 0.3) is 0 Å². The van der Waals surface area contributed by atoms with Crippen LogP contribution in [0.2, 0.25) is 0 Å². The van der Waals surface area contributed by atoms with Crippen molar-refractivity contribution in [2.75, 3.05) is 18.5 Å². The molecule has 1 aliphatic carbocycles. The van der Waals surface area contributed by atoms with Crippen molar-refractivity contribution in [2.45, 2.75) is 25.3 Å². The number of nitrogens with zero attached hydrogens (tertiary/aromatic N) is 1. The molecule has 0 saturated carbocycles. The molecular weight excluding hydrogens is 547 g/mol. The summed E-state index contributed by atoms with van der Waals surface area (Å²) in [4.78, 5) is 4.73. The van der Waals surface area contributed by atoms with Crippen molar-refractivity contribution in [1.82, 2.24) is 0 Å². The van der Waals surface area contributed by atoms with E-state index in [0.29, 0.717) is 31.1 Å². The van der Waals surface area contributed by atoms with Crippen LogP contribution in [0.5, 0.6) is 11.5 Å². The Morgan fingerprint density at radius 1 is 1.11 bits per heavy atom. The number of hydrogen-bond acceptors (Lipinski definition) is 4. The molecule has 1 aliphatic heterocycles. The predicted octanol–water partition coefficient (Wildman–Crippen LogP) is 7.83. The maximum absolute atomic E-state index is 5.81. The van der Waals surface area contributed by atoms with Crippen molar-refractivity contribution in [3.63, 3.8) is 0 Å². The Labute approximate surface area is 220 Å². The van der Waals surface area contributed by atoms with Crippen LogP contribution in [0.15, 0.2) is 90.5 Å². The Balaban J connectivity index is 1.34. The van der Waals surface area contributed by atoms with E-state index in [2.05, 4.69) is 101 Å². The third-order valence-electron chi connectivity index (χ3n) is 6.56. The van der Waals surface area contributed by atoms with Crippen LogP contribution in [0.4, 0.5) is 11.4 Å². The molecule has 0 aromatic heterocycles. The number of fused-ring (bicyclic) bond motifs is 3. The molecule has 0 saturated heterocycles. The highest BCUT2D eigenvalue weighted by Gasteiger charge is 2.37. The van der Waals surface area contributed by atoms with Gasteiger partial charge in [-0.1, -0.05) is 55.1 Å². The van der Waals surface area contributed by atoms with Crippen molar-refractivity contribution >= 4 is 40.2 Å². The highest BCUT2D eigenvalue weighted by atomic mass is 127. The van der Waals surface area contributed by atoms with Crippen LogP contribution in [0, 0.1) is 9.49 Å². The van der Waals surface area contributed by atoms with Gasteiger partial charge in [-0.05, 0) is 88.9 Å². The maximum atomic E-state index is 5.81. The van der Waals surface area contributed by atoms with Crippen molar-refractivity contribution in [1.29, 1.82) is 0 Å². The van der Waals surface area contributed by atoms with Gasteiger partial charge in [-0.15, -0.1) is 0 Å². The van der Waals surface area contributed by atoms with Gasteiger partial charge in [-0.2, -0.15) is 0 Å². The summed E-state index contributed by atoms with van der Waals surface area (Å²) in [6.45, 7) is 6.70. The maximum Gasteiger partial charge on any atom is 0.174 e. The largest absolute Gasteiger partial charge is 0.490 e. The number of halogens is 1. The Kier molecular flexibility index (Phi) is 7.23. The first kappa shape index (κ1) is 23.7. The molecule has 5 rings (SSSR count). The predicted molar refractivity (Wildman–Crippen MR) is 153 cm³/mol. The summed E-state index contributed by atoms with van der Waals surface area (Å²) in [6, 6.07) is 21.6. The number of benzene rings is 3. The zero-order valence-corrected chi connectivity index (χ0v) is 21.9. The molecule has 178 valence electrons. The van der Waals surface area contributed by atoms with Crippen LogP contribution < -0.4 is 14.8 Å². The fraction of sp³-hybridized carbons (Fsp3) is 0.233. The first-order valence-corrected chi connectivity index (χ1v) is 13.1. The third kappa shape index (κ3) is 5.01. The molecule has 0 unspecified atom stereocenters. The highest BCUT2D eigenvalue weighted by Crippen LogP contribution is 2.49. The standard InChI is InChI=1S/C30H29IN2O2/c1-3-16-35-30-26(31)17-20(18-28(30)34-4-2)19-32-22-14-12-21(13-15-22)29-25-10-7-9-23(25)24-8-5-6-11-27(24)33-29/h3,5-9,11-15,17-19,23,25,29,33H,1,4,10,16H2,2H3/t23-,25+,29-/m0/s1. The minimum absolute atomic E-state index is 0.293. The van der Waals surface area contributed by atoms with Crippen LogP contribution in [0.3, 0.4) is 0 Å². The molecule has 4 nitrogen and oxygen atoms in total. The molecule has 5 heteroatoms. The van der Waals surface area contributed by atoms with E-state index in [-0.39, 0.29) is 0 Å². The lowest BCUT2D eigenvalue weighted by Gasteiger charge is -2.37. The van der Waals surface area contributed by atoms with E-state index < -0.39 is 0 Å². The summed E-state index contributed by atoms with van der Waals surface area (Å²) in [6.07, 6.45) is 9.42. The number of hydrogen-bond donors (Lipinski definition) is 1. The van der Waals surface area contributed by atoms with Crippen LogP contribution >= 0.6 is 22.6 Å². The number of anilines is 1. The lowest BCUT2D eigenvalue weighted by molar-refractivity contribution is 0.295. The van der Waals surface area contributed by atoms with Gasteiger partial charge >= 0.3 is 0 Å².